The van der Waals surface area contributed by atoms with Crippen LogP contribution in [0.1, 0.15) is 10.8 Å². The quantitative estimate of drug-likeness (QED) is 0.745. The predicted octanol–water partition coefficient (Wildman–Crippen LogP) is 2.79. The molecule has 0 bridgehead atoms. The van der Waals surface area contributed by atoms with Gasteiger partial charge in [-0.2, -0.15) is 9.97 Å². The monoisotopic (exact) mass is 305 g/mol. The summed E-state index contributed by atoms with van der Waals surface area (Å²) >= 11 is 7.58. The van der Waals surface area contributed by atoms with Crippen molar-refractivity contribution in [2.24, 2.45) is 0 Å². The Kier molecular flexibility index (Phi) is 3.50. The van der Waals surface area contributed by atoms with Crippen molar-refractivity contribution < 1.29 is 0 Å². The van der Waals surface area contributed by atoms with E-state index in [-0.39, 0.29) is 5.28 Å². The Hall–Kier alpha value is -1.79. The highest BCUT2D eigenvalue weighted by molar-refractivity contribution is 7.18. The standard InChI is InChI=1S/C13H12ClN5S/c1-19(2)13-17-10(16-12(14)18-13)7-11-15-8-5-3-4-6-9(8)20-11/h3-6H,7H2,1-2H3. The second kappa shape index (κ2) is 5.30. The molecule has 0 unspecified atom stereocenters. The Morgan fingerprint density at radius 3 is 2.65 bits per heavy atom. The van der Waals surface area contributed by atoms with Crippen molar-refractivity contribution in [1.29, 1.82) is 0 Å². The lowest BCUT2D eigenvalue weighted by atomic mass is 10.3. The van der Waals surface area contributed by atoms with Gasteiger partial charge in [-0.15, -0.1) is 11.3 Å². The summed E-state index contributed by atoms with van der Waals surface area (Å²) in [6, 6.07) is 8.05. The normalized spacial score (nSPS) is 10.9. The molecule has 0 radical (unpaired) electrons. The summed E-state index contributed by atoms with van der Waals surface area (Å²) < 4.78 is 1.16. The van der Waals surface area contributed by atoms with Crippen molar-refractivity contribution in [2.75, 3.05) is 19.0 Å². The molecular weight excluding hydrogens is 294 g/mol. The van der Waals surface area contributed by atoms with Crippen molar-refractivity contribution >= 4 is 39.1 Å². The highest BCUT2D eigenvalue weighted by Crippen LogP contribution is 2.23. The highest BCUT2D eigenvalue weighted by atomic mass is 35.5. The van der Waals surface area contributed by atoms with Crippen molar-refractivity contribution in [1.82, 2.24) is 19.9 Å². The molecule has 0 amide bonds. The first-order valence-corrected chi connectivity index (χ1v) is 7.23. The van der Waals surface area contributed by atoms with Gasteiger partial charge in [-0.05, 0) is 23.7 Å². The van der Waals surface area contributed by atoms with Crippen LogP contribution in [0.5, 0.6) is 0 Å². The number of para-hydroxylation sites is 1. The predicted molar refractivity (Wildman–Crippen MR) is 81.6 cm³/mol. The minimum absolute atomic E-state index is 0.208. The first kappa shape index (κ1) is 13.2. The number of anilines is 1. The molecule has 102 valence electrons. The van der Waals surface area contributed by atoms with Gasteiger partial charge in [-0.25, -0.2) is 9.97 Å². The van der Waals surface area contributed by atoms with E-state index < -0.39 is 0 Å². The molecule has 0 aliphatic rings. The van der Waals surface area contributed by atoms with Crippen LogP contribution in [0.4, 0.5) is 5.95 Å². The molecule has 0 saturated carbocycles. The SMILES string of the molecule is CN(C)c1nc(Cl)nc(Cc2nc3ccccc3s2)n1. The molecule has 2 aromatic heterocycles. The topological polar surface area (TPSA) is 54.8 Å². The minimum Gasteiger partial charge on any atom is -0.347 e. The molecule has 7 heteroatoms. The Morgan fingerprint density at radius 2 is 1.90 bits per heavy atom. The molecule has 1 aromatic carbocycles. The third-order valence-electron chi connectivity index (χ3n) is 2.69. The van der Waals surface area contributed by atoms with Crippen LogP contribution in [0.25, 0.3) is 10.2 Å². The summed E-state index contributed by atoms with van der Waals surface area (Å²) in [6.45, 7) is 0. The van der Waals surface area contributed by atoms with Crippen molar-refractivity contribution in [2.45, 2.75) is 6.42 Å². The molecule has 3 rings (SSSR count). The van der Waals surface area contributed by atoms with E-state index in [2.05, 4.69) is 26.0 Å². The molecule has 0 saturated heterocycles. The molecule has 0 atom stereocenters. The van der Waals surface area contributed by atoms with Gasteiger partial charge in [0.15, 0.2) is 0 Å². The molecule has 0 spiro atoms. The van der Waals surface area contributed by atoms with Gasteiger partial charge in [0.1, 0.15) is 10.8 Å². The van der Waals surface area contributed by atoms with E-state index in [0.717, 1.165) is 15.2 Å². The van der Waals surface area contributed by atoms with Gasteiger partial charge in [0.05, 0.1) is 16.6 Å². The minimum atomic E-state index is 0.208. The van der Waals surface area contributed by atoms with Gasteiger partial charge < -0.3 is 4.90 Å². The number of aromatic nitrogens is 4. The molecule has 0 N–H and O–H groups in total. The molecule has 0 fully saturated rings. The van der Waals surface area contributed by atoms with Crippen LogP contribution in [0.3, 0.4) is 0 Å². The third-order valence-corrected chi connectivity index (χ3v) is 3.90. The zero-order valence-electron chi connectivity index (χ0n) is 11.0. The fraction of sp³-hybridized carbons (Fsp3) is 0.231. The maximum atomic E-state index is 5.93. The molecule has 3 aromatic rings. The van der Waals surface area contributed by atoms with Crippen molar-refractivity contribution in [3.05, 3.63) is 40.4 Å². The van der Waals surface area contributed by atoms with Gasteiger partial charge >= 0.3 is 0 Å². The van der Waals surface area contributed by atoms with Crippen LogP contribution in [0.2, 0.25) is 5.28 Å². The number of rotatable bonds is 3. The Bertz CT molecular complexity index is 722. The van der Waals surface area contributed by atoms with Crippen LogP contribution in [0, 0.1) is 0 Å². The first-order valence-electron chi connectivity index (χ1n) is 6.04. The van der Waals surface area contributed by atoms with Crippen LogP contribution in [-0.4, -0.2) is 34.0 Å². The second-order valence-corrected chi connectivity index (χ2v) is 5.92. The molecular formula is C13H12ClN5S. The van der Waals surface area contributed by atoms with E-state index in [9.17, 15) is 0 Å². The Morgan fingerprint density at radius 1 is 1.10 bits per heavy atom. The maximum Gasteiger partial charge on any atom is 0.229 e. The van der Waals surface area contributed by atoms with Gasteiger partial charge in [-0.3, -0.25) is 0 Å². The second-order valence-electron chi connectivity index (χ2n) is 4.47. The van der Waals surface area contributed by atoms with E-state index in [0.29, 0.717) is 18.2 Å². The Labute approximate surface area is 125 Å². The van der Waals surface area contributed by atoms with E-state index in [1.807, 2.05) is 32.3 Å². The molecule has 0 aliphatic heterocycles. The van der Waals surface area contributed by atoms with Crippen molar-refractivity contribution in [3.8, 4) is 0 Å². The number of hydrogen-bond acceptors (Lipinski definition) is 6. The zero-order valence-corrected chi connectivity index (χ0v) is 12.6. The number of halogens is 1. The van der Waals surface area contributed by atoms with Crippen LogP contribution < -0.4 is 4.90 Å². The summed E-state index contributed by atoms with van der Waals surface area (Å²) in [7, 11) is 3.74. The Balaban J connectivity index is 1.94. The number of nitrogens with zero attached hydrogens (tertiary/aromatic N) is 5. The van der Waals surface area contributed by atoms with Gasteiger partial charge in [0.25, 0.3) is 0 Å². The van der Waals surface area contributed by atoms with E-state index in [1.165, 1.54) is 0 Å². The van der Waals surface area contributed by atoms with Crippen LogP contribution in [-0.2, 0) is 6.42 Å². The molecule has 0 aliphatic carbocycles. The van der Waals surface area contributed by atoms with Crippen LogP contribution in [0.15, 0.2) is 24.3 Å². The van der Waals surface area contributed by atoms with E-state index in [1.54, 1.807) is 16.2 Å². The summed E-state index contributed by atoms with van der Waals surface area (Å²) in [5.74, 6) is 1.19. The van der Waals surface area contributed by atoms with Crippen molar-refractivity contribution in [3.63, 3.8) is 0 Å². The fourth-order valence-corrected chi connectivity index (χ4v) is 2.93. The number of hydrogen-bond donors (Lipinski definition) is 0. The maximum absolute atomic E-state index is 5.93. The molecule has 2 heterocycles. The molecule has 20 heavy (non-hydrogen) atoms. The largest absolute Gasteiger partial charge is 0.347 e. The lowest BCUT2D eigenvalue weighted by Crippen LogP contribution is -2.15. The first-order chi connectivity index (χ1) is 9.61. The average Bonchev–Trinajstić information content (AvgIpc) is 2.79. The smallest absolute Gasteiger partial charge is 0.229 e. The fourth-order valence-electron chi connectivity index (χ4n) is 1.79. The lowest BCUT2D eigenvalue weighted by molar-refractivity contribution is 0.880. The summed E-state index contributed by atoms with van der Waals surface area (Å²) in [5.41, 5.74) is 1.00. The summed E-state index contributed by atoms with van der Waals surface area (Å²) in [5, 5.41) is 1.18. The average molecular weight is 306 g/mol. The van der Waals surface area contributed by atoms with Gasteiger partial charge in [-0.1, -0.05) is 12.1 Å². The molecule has 5 nitrogen and oxygen atoms in total. The number of thiazole rings is 1. The number of fused-ring (bicyclic) bond motifs is 1. The summed E-state index contributed by atoms with van der Waals surface area (Å²) in [4.78, 5) is 19.0. The van der Waals surface area contributed by atoms with E-state index >= 15 is 0 Å². The number of benzene rings is 1. The zero-order chi connectivity index (χ0) is 14.1. The summed E-state index contributed by atoms with van der Waals surface area (Å²) in [6.07, 6.45) is 0.558. The lowest BCUT2D eigenvalue weighted by Gasteiger charge is -2.10. The van der Waals surface area contributed by atoms with Gasteiger partial charge in [0, 0.05) is 14.1 Å². The third kappa shape index (κ3) is 2.71. The van der Waals surface area contributed by atoms with E-state index in [4.69, 9.17) is 11.6 Å². The highest BCUT2D eigenvalue weighted by Gasteiger charge is 2.10. The van der Waals surface area contributed by atoms with Crippen LogP contribution >= 0.6 is 22.9 Å². The van der Waals surface area contributed by atoms with Gasteiger partial charge in [0.2, 0.25) is 11.2 Å².